The molecule has 0 aromatic rings. The van der Waals surface area contributed by atoms with Crippen LogP contribution in [0.3, 0.4) is 0 Å². The van der Waals surface area contributed by atoms with Crippen molar-refractivity contribution in [3.8, 4) is 0 Å². The van der Waals surface area contributed by atoms with E-state index in [0.29, 0.717) is 6.42 Å². The lowest BCUT2D eigenvalue weighted by atomic mass is 9.96. The Kier molecular flexibility index (Phi) is 51.9. The number of amides is 1. The van der Waals surface area contributed by atoms with E-state index in [2.05, 4.69) is 19.2 Å². The van der Waals surface area contributed by atoms with E-state index < -0.39 is 124 Å². The molecule has 0 saturated carbocycles. The Morgan fingerprint density at radius 3 is 1.01 bits per heavy atom. The number of hydrogen-bond acceptors (Lipinski definition) is 18. The van der Waals surface area contributed by atoms with Crippen molar-refractivity contribution >= 4 is 5.91 Å². The van der Waals surface area contributed by atoms with Gasteiger partial charge >= 0.3 is 0 Å². The predicted molar refractivity (Wildman–Crippen MR) is 365 cm³/mol. The first kappa shape index (κ1) is 85.8. The summed E-state index contributed by atoms with van der Waals surface area (Å²) < 4.78 is 34.4. The van der Waals surface area contributed by atoms with Gasteiger partial charge in [-0.3, -0.25) is 4.79 Å². The molecule has 0 aromatic heterocycles. The molecule has 3 rings (SSSR count). The summed E-state index contributed by atoms with van der Waals surface area (Å²) in [7, 11) is 0. The van der Waals surface area contributed by atoms with Gasteiger partial charge in [0, 0.05) is 6.42 Å². The number of carbonyl (C=O) groups excluding carboxylic acids is 1. The van der Waals surface area contributed by atoms with Crippen molar-refractivity contribution in [2.75, 3.05) is 26.4 Å². The molecular formula is C74H141NO18. The standard InChI is InChI=1S/C74H141NO18/c1-3-5-7-9-11-13-15-17-19-21-23-24-25-26-27-28-29-30-31-32-34-35-37-39-41-43-45-47-49-51-58(79)57(75-62(80)52-50-48-46-44-42-40-38-36-33-22-20-18-16-14-12-10-8-6-4-2)56-88-72-68(86)65(83)70(60(54-77)90-72)93-74-69(87)66(84)71(61(55-78)91-74)92-73-67(85)64(82)63(81)59(53-76)89-73/h49,51,57-61,63-74,76-79,81-87H,3-48,50,52-56H2,1-2H3,(H,75,80)/b51-49+. The van der Waals surface area contributed by atoms with Crippen LogP contribution in [0, 0.1) is 0 Å². The first-order chi connectivity index (χ1) is 45.3. The van der Waals surface area contributed by atoms with Crippen molar-refractivity contribution in [1.82, 2.24) is 5.32 Å². The van der Waals surface area contributed by atoms with Crippen LogP contribution < -0.4 is 5.32 Å². The lowest BCUT2D eigenvalue weighted by Crippen LogP contribution is -2.66. The van der Waals surface area contributed by atoms with Crippen LogP contribution in [0.4, 0.5) is 0 Å². The average Bonchev–Trinajstić information content (AvgIpc) is 0.866. The third kappa shape index (κ3) is 37.5. The fraction of sp³-hybridized carbons (Fsp3) is 0.959. The minimum atomic E-state index is -1.98. The monoisotopic (exact) mass is 1330 g/mol. The Hall–Kier alpha value is -1.47. The molecule has 93 heavy (non-hydrogen) atoms. The molecule has 17 unspecified atom stereocenters. The zero-order chi connectivity index (χ0) is 67.5. The largest absolute Gasteiger partial charge is 0.394 e. The summed E-state index contributed by atoms with van der Waals surface area (Å²) >= 11 is 0. The van der Waals surface area contributed by atoms with Gasteiger partial charge in [0.05, 0.1) is 38.6 Å². The minimum Gasteiger partial charge on any atom is -0.394 e. The van der Waals surface area contributed by atoms with Crippen LogP contribution in [0.5, 0.6) is 0 Å². The highest BCUT2D eigenvalue weighted by atomic mass is 16.8. The molecule has 19 nitrogen and oxygen atoms in total. The molecule has 17 atom stereocenters. The molecular weight excluding hydrogens is 1190 g/mol. The molecule has 0 bridgehead atoms. The van der Waals surface area contributed by atoms with Gasteiger partial charge in [-0.25, -0.2) is 0 Å². The van der Waals surface area contributed by atoms with Gasteiger partial charge in [0.1, 0.15) is 73.2 Å². The molecule has 3 fully saturated rings. The lowest BCUT2D eigenvalue weighted by Gasteiger charge is -2.48. The Labute approximate surface area is 563 Å². The summed E-state index contributed by atoms with van der Waals surface area (Å²) in [5, 5.41) is 121. The van der Waals surface area contributed by atoms with E-state index >= 15 is 0 Å². The normalized spacial score (nSPS) is 27.5. The van der Waals surface area contributed by atoms with E-state index in [1.165, 1.54) is 250 Å². The van der Waals surface area contributed by atoms with Crippen molar-refractivity contribution in [2.45, 2.75) is 426 Å². The molecule has 3 aliphatic rings. The van der Waals surface area contributed by atoms with Crippen LogP contribution in [0.1, 0.15) is 322 Å². The second kappa shape index (κ2) is 56.3. The second-order valence-electron chi connectivity index (χ2n) is 27.8. The number of rotatable bonds is 61. The van der Waals surface area contributed by atoms with Gasteiger partial charge in [-0.2, -0.15) is 0 Å². The summed E-state index contributed by atoms with van der Waals surface area (Å²) in [5.74, 6) is -0.268. The SMILES string of the molecule is CCCCCCCCCCCCCCCCCCCCCCCCCCCCC/C=C/C(O)C(COC1OC(CO)C(OC2OC(CO)C(OC3OC(CO)C(O)C(O)C3O)C(O)C2O)C(O)C1O)NC(=O)CCCCCCCCCCCCCCCCCCCCC. The molecule has 0 radical (unpaired) electrons. The third-order valence-electron chi connectivity index (χ3n) is 19.6. The predicted octanol–water partition coefficient (Wildman–Crippen LogP) is 11.6. The van der Waals surface area contributed by atoms with Crippen molar-refractivity contribution < 1.29 is 89.4 Å². The van der Waals surface area contributed by atoms with E-state index in [-0.39, 0.29) is 18.9 Å². The summed E-state index contributed by atoms with van der Waals surface area (Å²) in [5.41, 5.74) is 0. The smallest absolute Gasteiger partial charge is 0.220 e. The number of aliphatic hydroxyl groups excluding tert-OH is 11. The van der Waals surface area contributed by atoms with Crippen LogP contribution >= 0.6 is 0 Å². The van der Waals surface area contributed by atoms with Crippen LogP contribution in [0.25, 0.3) is 0 Å². The molecule has 0 aromatic carbocycles. The fourth-order valence-electron chi connectivity index (χ4n) is 13.4. The number of ether oxygens (including phenoxy) is 6. The van der Waals surface area contributed by atoms with Gasteiger partial charge in [0.15, 0.2) is 18.9 Å². The Morgan fingerprint density at radius 1 is 0.376 bits per heavy atom. The molecule has 0 spiro atoms. The third-order valence-corrected chi connectivity index (χ3v) is 19.6. The van der Waals surface area contributed by atoms with Gasteiger partial charge in [0.25, 0.3) is 0 Å². The van der Waals surface area contributed by atoms with Crippen molar-refractivity contribution in [1.29, 1.82) is 0 Å². The number of carbonyl (C=O) groups is 1. The van der Waals surface area contributed by atoms with E-state index in [9.17, 15) is 61.0 Å². The quantitative estimate of drug-likeness (QED) is 0.0199. The van der Waals surface area contributed by atoms with Gasteiger partial charge in [0.2, 0.25) is 5.91 Å². The average molecular weight is 1330 g/mol. The molecule has 12 N–H and O–H groups in total. The maximum Gasteiger partial charge on any atom is 0.220 e. The molecule has 550 valence electrons. The first-order valence-electron chi connectivity index (χ1n) is 38.4. The molecule has 3 saturated heterocycles. The zero-order valence-corrected chi connectivity index (χ0v) is 58.5. The van der Waals surface area contributed by atoms with E-state index in [1.54, 1.807) is 6.08 Å². The summed E-state index contributed by atoms with van der Waals surface area (Å²) in [4.78, 5) is 13.4. The highest BCUT2D eigenvalue weighted by Gasteiger charge is 2.53. The number of aliphatic hydroxyl groups is 11. The Bertz CT molecular complexity index is 1730. The van der Waals surface area contributed by atoms with Crippen LogP contribution in [-0.4, -0.2) is 193 Å². The highest BCUT2D eigenvalue weighted by Crippen LogP contribution is 2.33. The van der Waals surface area contributed by atoms with Gasteiger partial charge in [-0.15, -0.1) is 0 Å². The Morgan fingerprint density at radius 2 is 0.667 bits per heavy atom. The molecule has 3 aliphatic heterocycles. The highest BCUT2D eigenvalue weighted by molar-refractivity contribution is 5.76. The van der Waals surface area contributed by atoms with E-state index in [0.717, 1.165) is 44.9 Å². The zero-order valence-electron chi connectivity index (χ0n) is 58.5. The summed E-state index contributed by atoms with van der Waals surface area (Å²) in [6.45, 7) is 1.79. The molecule has 3 heterocycles. The lowest BCUT2D eigenvalue weighted by molar-refractivity contribution is -0.379. The van der Waals surface area contributed by atoms with Gasteiger partial charge < -0.3 is 89.9 Å². The topological polar surface area (TPSA) is 307 Å². The second-order valence-corrected chi connectivity index (χ2v) is 27.8. The van der Waals surface area contributed by atoms with Crippen molar-refractivity contribution in [3.05, 3.63) is 12.2 Å². The molecule has 19 heteroatoms. The van der Waals surface area contributed by atoms with Crippen LogP contribution in [-0.2, 0) is 33.2 Å². The number of hydrogen-bond donors (Lipinski definition) is 12. The van der Waals surface area contributed by atoms with E-state index in [1.807, 2.05) is 6.08 Å². The molecule has 0 aliphatic carbocycles. The van der Waals surface area contributed by atoms with E-state index in [4.69, 9.17) is 28.4 Å². The van der Waals surface area contributed by atoms with Crippen molar-refractivity contribution in [2.24, 2.45) is 0 Å². The van der Waals surface area contributed by atoms with Gasteiger partial charge in [-0.1, -0.05) is 309 Å². The van der Waals surface area contributed by atoms with Gasteiger partial charge in [-0.05, 0) is 19.3 Å². The summed E-state index contributed by atoms with van der Waals surface area (Å²) in [6, 6.07) is -0.969. The molecule has 1 amide bonds. The fourth-order valence-corrected chi connectivity index (χ4v) is 13.4. The van der Waals surface area contributed by atoms with Crippen LogP contribution in [0.2, 0.25) is 0 Å². The number of unbranched alkanes of at least 4 members (excludes halogenated alkanes) is 45. The minimum absolute atomic E-state index is 0.250. The number of nitrogens with one attached hydrogen (secondary N) is 1. The Balaban J connectivity index is 1.39. The number of allylic oxidation sites excluding steroid dienone is 1. The first-order valence-corrected chi connectivity index (χ1v) is 38.4. The maximum absolute atomic E-state index is 13.4. The van der Waals surface area contributed by atoms with Crippen LogP contribution in [0.15, 0.2) is 12.2 Å². The maximum atomic E-state index is 13.4. The van der Waals surface area contributed by atoms with Crippen molar-refractivity contribution in [3.63, 3.8) is 0 Å². The summed E-state index contributed by atoms with van der Waals surface area (Å²) in [6.07, 6.45) is 37.7.